The maximum Gasteiger partial charge on any atom is 0.303 e. The fourth-order valence-electron chi connectivity index (χ4n) is 2.96. The molecule has 5 atom stereocenters. The predicted octanol–water partition coefficient (Wildman–Crippen LogP) is 0.296. The predicted molar refractivity (Wildman–Crippen MR) is 87.0 cm³/mol. The van der Waals surface area contributed by atoms with Crippen LogP contribution in [0.15, 0.2) is 0 Å². The fraction of sp³-hybridized carbons (Fsp3) is 0.706. The molecule has 1 rings (SSSR count). The summed E-state index contributed by atoms with van der Waals surface area (Å²) in [5, 5.41) is 0. The van der Waals surface area contributed by atoms with Gasteiger partial charge in [0.1, 0.15) is 12.2 Å². The van der Waals surface area contributed by atoms with Crippen LogP contribution in [0.25, 0.3) is 0 Å². The lowest BCUT2D eigenvalue weighted by atomic mass is 9.80. The normalized spacial score (nSPS) is 27.1. The highest BCUT2D eigenvalue weighted by molar-refractivity contribution is 5.69. The van der Waals surface area contributed by atoms with Gasteiger partial charge in [0, 0.05) is 40.5 Å². The van der Waals surface area contributed by atoms with E-state index in [-0.39, 0.29) is 13.0 Å². The second-order valence-electron chi connectivity index (χ2n) is 6.17. The number of ether oxygens (including phenoxy) is 5. The molecule has 0 spiro atoms. The molecule has 0 saturated heterocycles. The summed E-state index contributed by atoms with van der Waals surface area (Å²) in [5.41, 5.74) is 0. The van der Waals surface area contributed by atoms with E-state index in [4.69, 9.17) is 23.7 Å². The first-order valence-corrected chi connectivity index (χ1v) is 8.33. The van der Waals surface area contributed by atoms with Crippen LogP contribution in [0.4, 0.5) is 0 Å². The summed E-state index contributed by atoms with van der Waals surface area (Å²) >= 11 is 0. The smallest absolute Gasteiger partial charge is 0.303 e. The summed E-state index contributed by atoms with van der Waals surface area (Å²) in [6.07, 6.45) is -4.42. The topological polar surface area (TPSA) is 132 Å². The van der Waals surface area contributed by atoms with Crippen molar-refractivity contribution in [2.24, 2.45) is 5.92 Å². The van der Waals surface area contributed by atoms with Gasteiger partial charge in [-0.25, -0.2) is 0 Å². The Labute approximate surface area is 156 Å². The molecule has 10 heteroatoms. The molecule has 0 radical (unpaired) electrons. The average molecular weight is 388 g/mol. The number of hydrogen-bond donors (Lipinski definition) is 0. The van der Waals surface area contributed by atoms with Crippen LogP contribution >= 0.6 is 0 Å². The van der Waals surface area contributed by atoms with Gasteiger partial charge in [-0.2, -0.15) is 0 Å². The van der Waals surface area contributed by atoms with Crippen LogP contribution in [0.2, 0.25) is 0 Å². The van der Waals surface area contributed by atoms with Gasteiger partial charge in [0.2, 0.25) is 0 Å². The number of hydrogen-bond acceptors (Lipinski definition) is 10. The fourth-order valence-corrected chi connectivity index (χ4v) is 2.96. The molecule has 0 aromatic rings. The molecule has 0 N–H and O–H groups in total. The van der Waals surface area contributed by atoms with Crippen molar-refractivity contribution in [2.75, 3.05) is 6.61 Å². The van der Waals surface area contributed by atoms with Crippen LogP contribution in [0, 0.1) is 5.92 Å². The Bertz CT molecular complexity index is 599. The van der Waals surface area contributed by atoms with Crippen molar-refractivity contribution in [3.8, 4) is 0 Å². The van der Waals surface area contributed by atoms with E-state index in [2.05, 4.69) is 0 Å². The molecule has 10 nitrogen and oxygen atoms in total. The maximum atomic E-state index is 11.6. The van der Waals surface area contributed by atoms with Crippen molar-refractivity contribution in [3.05, 3.63) is 0 Å². The molecule has 1 aliphatic rings. The van der Waals surface area contributed by atoms with Gasteiger partial charge in [-0.05, 0) is 6.42 Å². The SMILES string of the molecule is CC(=O)OC[C@H]1C[C@@H](OC(C)=O)[C@H](OC(C)=O)[C@H](OC(C)=O)[C@H]1OC(C)=O. The van der Waals surface area contributed by atoms with Gasteiger partial charge in [-0.15, -0.1) is 0 Å². The van der Waals surface area contributed by atoms with E-state index in [1.54, 1.807) is 0 Å². The highest BCUT2D eigenvalue weighted by Crippen LogP contribution is 2.34. The Balaban J connectivity index is 3.29. The van der Waals surface area contributed by atoms with Gasteiger partial charge < -0.3 is 23.7 Å². The lowest BCUT2D eigenvalue weighted by Gasteiger charge is -2.43. The summed E-state index contributed by atoms with van der Waals surface area (Å²) in [7, 11) is 0. The van der Waals surface area contributed by atoms with E-state index in [1.165, 1.54) is 13.8 Å². The zero-order valence-electron chi connectivity index (χ0n) is 15.9. The van der Waals surface area contributed by atoms with Crippen molar-refractivity contribution >= 4 is 29.8 Å². The minimum absolute atomic E-state index is 0.0561. The number of esters is 5. The molecule has 1 saturated carbocycles. The monoisotopic (exact) mass is 388 g/mol. The molecule has 0 heterocycles. The molecule has 0 bridgehead atoms. The molecule has 1 aliphatic carbocycles. The standard InChI is InChI=1S/C17H24O10/c1-8(18)23-7-13-6-14(24-9(2)19)16(26-11(4)21)17(27-12(5)22)15(13)25-10(3)20/h13-17H,6-7H2,1-5H3/t13-,14-,15+,16+,17-/m1/s1. The van der Waals surface area contributed by atoms with Crippen LogP contribution < -0.4 is 0 Å². The summed E-state index contributed by atoms with van der Waals surface area (Å²) in [6, 6.07) is 0. The average Bonchev–Trinajstić information content (AvgIpc) is 2.49. The Morgan fingerprint density at radius 3 is 1.52 bits per heavy atom. The van der Waals surface area contributed by atoms with Gasteiger partial charge in [0.05, 0.1) is 6.61 Å². The molecule has 0 unspecified atom stereocenters. The van der Waals surface area contributed by atoms with E-state index in [1.807, 2.05) is 0 Å². The van der Waals surface area contributed by atoms with E-state index in [0.29, 0.717) is 0 Å². The maximum absolute atomic E-state index is 11.6. The molecule has 1 fully saturated rings. The van der Waals surface area contributed by atoms with Gasteiger partial charge in [-0.3, -0.25) is 24.0 Å². The molecule has 152 valence electrons. The van der Waals surface area contributed by atoms with Crippen LogP contribution in [0.5, 0.6) is 0 Å². The van der Waals surface area contributed by atoms with Crippen molar-refractivity contribution in [2.45, 2.75) is 65.5 Å². The van der Waals surface area contributed by atoms with Crippen molar-refractivity contribution in [3.63, 3.8) is 0 Å². The lowest BCUT2D eigenvalue weighted by Crippen LogP contribution is -2.59. The van der Waals surface area contributed by atoms with E-state index in [0.717, 1.165) is 20.8 Å². The Hall–Kier alpha value is -2.65. The van der Waals surface area contributed by atoms with Crippen molar-refractivity contribution in [1.29, 1.82) is 0 Å². The summed E-state index contributed by atoms with van der Waals surface area (Å²) in [6.45, 7) is 5.64. The summed E-state index contributed by atoms with van der Waals surface area (Å²) in [5.74, 6) is -3.95. The van der Waals surface area contributed by atoms with Gasteiger partial charge in [-0.1, -0.05) is 0 Å². The number of carbonyl (C=O) groups is 5. The minimum Gasteiger partial charge on any atom is -0.465 e. The zero-order valence-corrected chi connectivity index (χ0v) is 15.9. The van der Waals surface area contributed by atoms with Crippen LogP contribution in [-0.4, -0.2) is 60.9 Å². The van der Waals surface area contributed by atoms with E-state index >= 15 is 0 Å². The third-order valence-corrected chi connectivity index (χ3v) is 3.74. The largest absolute Gasteiger partial charge is 0.465 e. The Morgan fingerprint density at radius 2 is 1.07 bits per heavy atom. The molecule has 0 amide bonds. The third kappa shape index (κ3) is 7.24. The summed E-state index contributed by atoms with van der Waals surface area (Å²) in [4.78, 5) is 57.3. The quantitative estimate of drug-likeness (QED) is 0.462. The first kappa shape index (κ1) is 22.4. The van der Waals surface area contributed by atoms with Gasteiger partial charge >= 0.3 is 29.8 Å². The Kier molecular flexibility index (Phi) is 8.20. The molecular formula is C17H24O10. The second-order valence-corrected chi connectivity index (χ2v) is 6.17. The minimum atomic E-state index is -1.24. The summed E-state index contributed by atoms with van der Waals surface area (Å²) < 4.78 is 25.9. The van der Waals surface area contributed by atoms with Crippen LogP contribution in [0.1, 0.15) is 41.0 Å². The van der Waals surface area contributed by atoms with E-state index < -0.39 is 60.2 Å². The zero-order chi connectivity index (χ0) is 20.7. The van der Waals surface area contributed by atoms with Crippen molar-refractivity contribution < 1.29 is 47.7 Å². The number of carbonyl (C=O) groups excluding carboxylic acids is 5. The highest BCUT2D eigenvalue weighted by Gasteiger charge is 2.52. The second kappa shape index (κ2) is 9.89. The van der Waals surface area contributed by atoms with Gasteiger partial charge in [0.25, 0.3) is 0 Å². The van der Waals surface area contributed by atoms with Gasteiger partial charge in [0.15, 0.2) is 12.2 Å². The molecule has 0 aliphatic heterocycles. The van der Waals surface area contributed by atoms with Crippen LogP contribution in [0.3, 0.4) is 0 Å². The first-order chi connectivity index (χ1) is 12.5. The highest BCUT2D eigenvalue weighted by atomic mass is 16.6. The Morgan fingerprint density at radius 1 is 0.630 bits per heavy atom. The first-order valence-electron chi connectivity index (χ1n) is 8.33. The molecule has 0 aromatic heterocycles. The molecule has 27 heavy (non-hydrogen) atoms. The lowest BCUT2D eigenvalue weighted by molar-refractivity contribution is -0.221. The van der Waals surface area contributed by atoms with Crippen molar-refractivity contribution in [1.82, 2.24) is 0 Å². The van der Waals surface area contributed by atoms with E-state index in [9.17, 15) is 24.0 Å². The third-order valence-electron chi connectivity index (χ3n) is 3.74. The molecule has 0 aromatic carbocycles. The molecular weight excluding hydrogens is 364 g/mol. The van der Waals surface area contributed by atoms with Crippen LogP contribution in [-0.2, 0) is 47.7 Å². The number of rotatable bonds is 6.